The number of rotatable bonds is 10. The van der Waals surface area contributed by atoms with Crippen LogP contribution in [0.15, 0.2) is 63.7 Å². The van der Waals surface area contributed by atoms with Crippen LogP contribution < -0.4 is 0 Å². The van der Waals surface area contributed by atoms with Crippen molar-refractivity contribution in [1.82, 2.24) is 0 Å². The molecule has 0 amide bonds. The van der Waals surface area contributed by atoms with Gasteiger partial charge in [0.05, 0.1) is 29.1 Å². The van der Waals surface area contributed by atoms with Crippen LogP contribution in [0.4, 0.5) is 0 Å². The topological polar surface area (TPSA) is 26.3 Å². The van der Waals surface area contributed by atoms with Crippen LogP contribution in [0.3, 0.4) is 0 Å². The van der Waals surface area contributed by atoms with Crippen molar-refractivity contribution in [2.45, 2.75) is 56.5 Å². The first kappa shape index (κ1) is 21.4. The lowest BCUT2D eigenvalue weighted by Gasteiger charge is -2.38. The fraction of sp³-hybridized carbons (Fsp3) is 0.500. The lowest BCUT2D eigenvalue weighted by atomic mass is 9.96. The van der Waals surface area contributed by atoms with Gasteiger partial charge in [-0.3, -0.25) is 0 Å². The van der Waals surface area contributed by atoms with Gasteiger partial charge in [0, 0.05) is 5.56 Å². The van der Waals surface area contributed by atoms with Crippen LogP contribution in [0.2, 0.25) is 0 Å². The third kappa shape index (κ3) is 6.97. The summed E-state index contributed by atoms with van der Waals surface area (Å²) in [6.07, 6.45) is 21.2. The zero-order chi connectivity index (χ0) is 19.7. The minimum Gasteiger partial charge on any atom is -0.472 e. The molecule has 0 spiro atoms. The molecular weight excluding hydrogens is 384 g/mol. The maximum Gasteiger partial charge on any atom is 0.0974 e. The minimum absolute atomic E-state index is 0.345. The molecule has 0 aliphatic carbocycles. The van der Waals surface area contributed by atoms with Crippen LogP contribution in [-0.4, -0.2) is 15.6 Å². The third-order valence-electron chi connectivity index (χ3n) is 5.12. The van der Waals surface area contributed by atoms with Gasteiger partial charge in [-0.2, -0.15) is 0 Å². The van der Waals surface area contributed by atoms with E-state index in [9.17, 15) is 0 Å². The Labute approximate surface area is 178 Å². The third-order valence-corrected chi connectivity index (χ3v) is 8.49. The van der Waals surface area contributed by atoms with E-state index in [1.54, 1.807) is 18.8 Å². The first-order valence-electron chi connectivity index (χ1n) is 10.3. The van der Waals surface area contributed by atoms with Crippen LogP contribution in [0, 0.1) is 5.92 Å². The highest BCUT2D eigenvalue weighted by Crippen LogP contribution is 2.50. The monoisotopic (exact) mass is 416 g/mol. The standard InChI is InChI=1S/C24H32O2S2/c1-20(6-3-8-22-10-12-25-18-22)16-24(27-14-5-15-28-24)17-21(2)7-4-9-23-11-13-26-19-23/h3,7-8,10-13,18-20H,4-6,9,14-17H2,1-2H3/b8-3+,21-7+. The maximum atomic E-state index is 5.17. The summed E-state index contributed by atoms with van der Waals surface area (Å²) >= 11 is 4.40. The van der Waals surface area contributed by atoms with E-state index in [1.165, 1.54) is 41.9 Å². The van der Waals surface area contributed by atoms with E-state index < -0.39 is 0 Å². The lowest BCUT2D eigenvalue weighted by Crippen LogP contribution is -2.28. The summed E-state index contributed by atoms with van der Waals surface area (Å²) in [5.41, 5.74) is 3.98. The van der Waals surface area contributed by atoms with E-state index >= 15 is 0 Å². The van der Waals surface area contributed by atoms with E-state index in [0.29, 0.717) is 10.00 Å². The molecule has 2 aromatic heterocycles. The average molecular weight is 417 g/mol. The highest BCUT2D eigenvalue weighted by Gasteiger charge is 2.35. The van der Waals surface area contributed by atoms with Crippen molar-refractivity contribution in [3.05, 3.63) is 66.0 Å². The zero-order valence-corrected chi connectivity index (χ0v) is 18.7. The molecule has 4 heteroatoms. The van der Waals surface area contributed by atoms with Gasteiger partial charge in [0.1, 0.15) is 0 Å². The summed E-state index contributed by atoms with van der Waals surface area (Å²) in [5, 5.41) is 0. The molecule has 1 atom stereocenters. The van der Waals surface area contributed by atoms with Crippen LogP contribution in [0.1, 0.15) is 57.1 Å². The molecule has 1 saturated heterocycles. The predicted molar refractivity (Wildman–Crippen MR) is 124 cm³/mol. The predicted octanol–water partition coefficient (Wildman–Crippen LogP) is 7.84. The number of aryl methyl sites for hydroxylation is 1. The molecule has 3 heterocycles. The molecule has 1 unspecified atom stereocenters. The number of hydrogen-bond donors (Lipinski definition) is 0. The Morgan fingerprint density at radius 2 is 1.96 bits per heavy atom. The molecule has 1 aliphatic heterocycles. The van der Waals surface area contributed by atoms with Gasteiger partial charge < -0.3 is 8.83 Å². The van der Waals surface area contributed by atoms with Crippen molar-refractivity contribution in [2.24, 2.45) is 5.92 Å². The highest BCUT2D eigenvalue weighted by atomic mass is 32.2. The summed E-state index contributed by atoms with van der Waals surface area (Å²) in [6.45, 7) is 4.71. The molecule has 2 aromatic rings. The summed E-state index contributed by atoms with van der Waals surface area (Å²) in [6, 6.07) is 4.07. The Hall–Kier alpha value is -1.26. The molecule has 28 heavy (non-hydrogen) atoms. The van der Waals surface area contributed by atoms with Gasteiger partial charge in [0.15, 0.2) is 0 Å². The second-order valence-corrected chi connectivity index (χ2v) is 11.1. The Bertz CT molecular complexity index is 723. The van der Waals surface area contributed by atoms with Gasteiger partial charge in [-0.1, -0.05) is 30.7 Å². The Morgan fingerprint density at radius 3 is 2.68 bits per heavy atom. The maximum absolute atomic E-state index is 5.17. The van der Waals surface area contributed by atoms with Crippen LogP contribution in [-0.2, 0) is 6.42 Å². The molecule has 0 aromatic carbocycles. The molecule has 0 saturated carbocycles. The van der Waals surface area contributed by atoms with Crippen molar-refractivity contribution in [2.75, 3.05) is 11.5 Å². The van der Waals surface area contributed by atoms with Gasteiger partial charge in [0.2, 0.25) is 0 Å². The molecule has 0 bridgehead atoms. The fourth-order valence-electron chi connectivity index (χ4n) is 3.75. The van der Waals surface area contributed by atoms with Crippen molar-refractivity contribution in [3.63, 3.8) is 0 Å². The molecule has 1 fully saturated rings. The van der Waals surface area contributed by atoms with Crippen molar-refractivity contribution < 1.29 is 8.83 Å². The minimum atomic E-state index is 0.345. The normalized spacial score (nSPS) is 18.6. The molecule has 0 N–H and O–H groups in total. The van der Waals surface area contributed by atoms with E-state index in [-0.39, 0.29) is 0 Å². The quantitative estimate of drug-likeness (QED) is 0.368. The first-order chi connectivity index (χ1) is 13.7. The molecule has 0 radical (unpaired) electrons. The van der Waals surface area contributed by atoms with Crippen LogP contribution in [0.25, 0.3) is 6.08 Å². The largest absolute Gasteiger partial charge is 0.472 e. The molecule has 2 nitrogen and oxygen atoms in total. The summed E-state index contributed by atoms with van der Waals surface area (Å²) in [5.74, 6) is 3.28. The first-order valence-corrected chi connectivity index (χ1v) is 12.3. The molecule has 1 aliphatic rings. The van der Waals surface area contributed by atoms with Gasteiger partial charge in [0.25, 0.3) is 0 Å². The smallest absolute Gasteiger partial charge is 0.0974 e. The molecular formula is C24H32O2S2. The average Bonchev–Trinajstić information content (AvgIpc) is 3.36. The van der Waals surface area contributed by atoms with Gasteiger partial charge in [-0.15, -0.1) is 23.5 Å². The summed E-state index contributed by atoms with van der Waals surface area (Å²) in [7, 11) is 0. The SMILES string of the molecule is C/C(=C\CCc1ccoc1)CC1(CC(C)C/C=C/c2ccoc2)SCCCS1. The van der Waals surface area contributed by atoms with E-state index in [2.05, 4.69) is 61.7 Å². The van der Waals surface area contributed by atoms with Crippen LogP contribution >= 0.6 is 23.5 Å². The highest BCUT2D eigenvalue weighted by molar-refractivity contribution is 8.18. The number of furan rings is 2. The number of thioether (sulfide) groups is 2. The second-order valence-electron chi connectivity index (χ2n) is 7.86. The van der Waals surface area contributed by atoms with E-state index in [1.807, 2.05) is 12.3 Å². The van der Waals surface area contributed by atoms with Gasteiger partial charge in [-0.05, 0) is 80.6 Å². The second kappa shape index (κ2) is 11.1. The Kier molecular flexibility index (Phi) is 8.47. The van der Waals surface area contributed by atoms with Crippen molar-refractivity contribution >= 4 is 29.6 Å². The van der Waals surface area contributed by atoms with E-state index in [0.717, 1.165) is 24.8 Å². The molecule has 152 valence electrons. The summed E-state index contributed by atoms with van der Waals surface area (Å²) < 4.78 is 10.7. The Balaban J connectivity index is 1.53. The van der Waals surface area contributed by atoms with Gasteiger partial charge in [-0.25, -0.2) is 0 Å². The van der Waals surface area contributed by atoms with Crippen molar-refractivity contribution in [3.8, 4) is 0 Å². The number of allylic oxidation sites excluding steroid dienone is 3. The zero-order valence-electron chi connectivity index (χ0n) is 17.1. The fourth-order valence-corrected chi connectivity index (χ4v) is 7.55. The Morgan fingerprint density at radius 1 is 1.18 bits per heavy atom. The summed E-state index contributed by atoms with van der Waals surface area (Å²) in [4.78, 5) is 0. The van der Waals surface area contributed by atoms with E-state index in [4.69, 9.17) is 8.83 Å². The molecule has 3 rings (SSSR count). The van der Waals surface area contributed by atoms with Gasteiger partial charge >= 0.3 is 0 Å². The van der Waals surface area contributed by atoms with Crippen molar-refractivity contribution in [1.29, 1.82) is 0 Å². The van der Waals surface area contributed by atoms with Crippen LogP contribution in [0.5, 0.6) is 0 Å². The lowest BCUT2D eigenvalue weighted by molar-refractivity contribution is 0.504. The number of hydrogen-bond acceptors (Lipinski definition) is 4.